The second-order valence-electron chi connectivity index (χ2n) is 5.43. The molecule has 2 rings (SSSR count). The lowest BCUT2D eigenvalue weighted by atomic mass is 9.99. The van der Waals surface area contributed by atoms with Crippen LogP contribution in [0.25, 0.3) is 5.57 Å². The molecule has 0 radical (unpaired) electrons. The van der Waals surface area contributed by atoms with Crippen molar-refractivity contribution >= 4 is 5.57 Å². The molecule has 0 heterocycles. The van der Waals surface area contributed by atoms with Gasteiger partial charge in [0.2, 0.25) is 0 Å². The Morgan fingerprint density at radius 3 is 2.24 bits per heavy atom. The highest BCUT2D eigenvalue weighted by Crippen LogP contribution is 2.17. The molecule has 108 valence electrons. The Labute approximate surface area is 128 Å². The monoisotopic (exact) mass is 276 g/mol. The molecule has 0 heteroatoms. The molecule has 0 fully saturated rings. The zero-order valence-electron chi connectivity index (χ0n) is 13.3. The molecule has 0 amide bonds. The van der Waals surface area contributed by atoms with Crippen molar-refractivity contribution in [2.45, 2.75) is 33.6 Å². The highest BCUT2D eigenvalue weighted by Gasteiger charge is 1.99. The van der Waals surface area contributed by atoms with Gasteiger partial charge in [-0.1, -0.05) is 72.3 Å². The van der Waals surface area contributed by atoms with Crippen LogP contribution in [0.1, 0.15) is 36.1 Å². The van der Waals surface area contributed by atoms with Crippen LogP contribution in [0.2, 0.25) is 0 Å². The quantitative estimate of drug-likeness (QED) is 0.609. The lowest BCUT2D eigenvalue weighted by molar-refractivity contribution is 0.958. The van der Waals surface area contributed by atoms with Crippen LogP contribution >= 0.6 is 0 Å². The minimum Gasteiger partial charge on any atom is -0.0871 e. The molecule has 0 saturated heterocycles. The lowest BCUT2D eigenvalue weighted by Gasteiger charge is -2.06. The highest BCUT2D eigenvalue weighted by atomic mass is 14.0. The van der Waals surface area contributed by atoms with Crippen molar-refractivity contribution in [2.75, 3.05) is 0 Å². The fourth-order valence-corrected chi connectivity index (χ4v) is 2.56. The summed E-state index contributed by atoms with van der Waals surface area (Å²) in [6, 6.07) is 17.7. The van der Waals surface area contributed by atoms with Crippen LogP contribution in [0.4, 0.5) is 0 Å². The predicted octanol–water partition coefficient (Wildman–Crippen LogP) is 5.76. The molecule has 0 aromatic heterocycles. The van der Waals surface area contributed by atoms with Gasteiger partial charge in [-0.2, -0.15) is 0 Å². The lowest BCUT2D eigenvalue weighted by Crippen LogP contribution is -1.92. The van der Waals surface area contributed by atoms with Crippen molar-refractivity contribution < 1.29 is 0 Å². The number of allylic oxidation sites excluding steroid dienone is 4. The van der Waals surface area contributed by atoms with Crippen molar-refractivity contribution in [2.24, 2.45) is 0 Å². The van der Waals surface area contributed by atoms with E-state index >= 15 is 0 Å². The number of hydrogen-bond donors (Lipinski definition) is 0. The van der Waals surface area contributed by atoms with Gasteiger partial charge in [0.1, 0.15) is 0 Å². The molecule has 0 atom stereocenters. The highest BCUT2D eigenvalue weighted by molar-refractivity contribution is 5.73. The molecule has 2 aromatic carbocycles. The van der Waals surface area contributed by atoms with Crippen LogP contribution in [0.3, 0.4) is 0 Å². The Morgan fingerprint density at radius 2 is 1.62 bits per heavy atom. The number of hydrogen-bond acceptors (Lipinski definition) is 0. The van der Waals surface area contributed by atoms with Crippen LogP contribution in [0, 0.1) is 6.92 Å². The second-order valence-corrected chi connectivity index (χ2v) is 5.43. The standard InChI is InChI=1S/C21H24/c1-4-7-20(5-2)21-14-12-18(13-15-21)10-11-19-9-6-8-17(3)16-19/h4-9,12-16H,10-11H2,1-3H3/b7-4-,20-5+. The molecule has 0 aliphatic rings. The van der Waals surface area contributed by atoms with E-state index in [2.05, 4.69) is 87.5 Å². The summed E-state index contributed by atoms with van der Waals surface area (Å²) in [4.78, 5) is 0. The summed E-state index contributed by atoms with van der Waals surface area (Å²) in [5.74, 6) is 0. The molecule has 0 N–H and O–H groups in total. The summed E-state index contributed by atoms with van der Waals surface area (Å²) in [5, 5.41) is 0. The first-order valence-electron chi connectivity index (χ1n) is 7.67. The van der Waals surface area contributed by atoms with Gasteiger partial charge in [-0.15, -0.1) is 0 Å². The zero-order valence-corrected chi connectivity index (χ0v) is 13.3. The first-order chi connectivity index (χ1) is 10.2. The van der Waals surface area contributed by atoms with Gasteiger partial charge in [-0.05, 0) is 55.9 Å². The van der Waals surface area contributed by atoms with Gasteiger partial charge < -0.3 is 0 Å². The molecule has 0 spiro atoms. The van der Waals surface area contributed by atoms with E-state index in [-0.39, 0.29) is 0 Å². The fourth-order valence-electron chi connectivity index (χ4n) is 2.56. The molecule has 0 unspecified atom stereocenters. The van der Waals surface area contributed by atoms with Gasteiger partial charge in [0.25, 0.3) is 0 Å². The van der Waals surface area contributed by atoms with Crippen LogP contribution < -0.4 is 0 Å². The first-order valence-corrected chi connectivity index (χ1v) is 7.67. The van der Waals surface area contributed by atoms with Crippen molar-refractivity contribution in [1.82, 2.24) is 0 Å². The van der Waals surface area contributed by atoms with Gasteiger partial charge in [-0.3, -0.25) is 0 Å². The summed E-state index contributed by atoms with van der Waals surface area (Å²) in [6.45, 7) is 6.29. The topological polar surface area (TPSA) is 0 Å². The minimum absolute atomic E-state index is 1.10. The Hall–Kier alpha value is -2.08. The fraction of sp³-hybridized carbons (Fsp3) is 0.238. The third-order valence-electron chi connectivity index (χ3n) is 3.73. The van der Waals surface area contributed by atoms with E-state index in [0.29, 0.717) is 0 Å². The number of benzene rings is 2. The summed E-state index contributed by atoms with van der Waals surface area (Å²) in [6.07, 6.45) is 8.59. The SMILES string of the molecule is C/C=C\C(=C/C)c1ccc(CCc2cccc(C)c2)cc1. The Balaban J connectivity index is 2.03. The maximum absolute atomic E-state index is 2.28. The van der Waals surface area contributed by atoms with Crippen molar-refractivity contribution in [3.8, 4) is 0 Å². The van der Waals surface area contributed by atoms with E-state index in [1.807, 2.05) is 0 Å². The summed E-state index contributed by atoms with van der Waals surface area (Å²) in [7, 11) is 0. The van der Waals surface area contributed by atoms with Gasteiger partial charge in [0.05, 0.1) is 0 Å². The van der Waals surface area contributed by atoms with Crippen molar-refractivity contribution in [1.29, 1.82) is 0 Å². The minimum atomic E-state index is 1.10. The zero-order chi connectivity index (χ0) is 15.1. The maximum atomic E-state index is 2.28. The molecule has 0 aliphatic heterocycles. The third kappa shape index (κ3) is 4.46. The second kappa shape index (κ2) is 7.64. The molecule has 21 heavy (non-hydrogen) atoms. The van der Waals surface area contributed by atoms with Crippen LogP contribution in [0.5, 0.6) is 0 Å². The maximum Gasteiger partial charge on any atom is -0.0187 e. The summed E-state index contributed by atoms with van der Waals surface area (Å²) >= 11 is 0. The average molecular weight is 276 g/mol. The Morgan fingerprint density at radius 1 is 0.905 bits per heavy atom. The van der Waals surface area contributed by atoms with E-state index in [9.17, 15) is 0 Å². The van der Waals surface area contributed by atoms with Crippen LogP contribution in [-0.4, -0.2) is 0 Å². The third-order valence-corrected chi connectivity index (χ3v) is 3.73. The van der Waals surface area contributed by atoms with Gasteiger partial charge >= 0.3 is 0 Å². The van der Waals surface area contributed by atoms with E-state index in [4.69, 9.17) is 0 Å². The van der Waals surface area contributed by atoms with E-state index < -0.39 is 0 Å². The van der Waals surface area contributed by atoms with Crippen LogP contribution in [0.15, 0.2) is 66.8 Å². The molecule has 0 saturated carbocycles. The molecule has 2 aromatic rings. The van der Waals surface area contributed by atoms with Crippen molar-refractivity contribution in [3.05, 3.63) is 89.0 Å². The van der Waals surface area contributed by atoms with E-state index in [1.165, 1.54) is 27.8 Å². The van der Waals surface area contributed by atoms with E-state index in [0.717, 1.165) is 12.8 Å². The average Bonchev–Trinajstić information content (AvgIpc) is 2.51. The Bertz CT molecular complexity index is 627. The van der Waals surface area contributed by atoms with Gasteiger partial charge in [0, 0.05) is 0 Å². The number of rotatable bonds is 5. The molecule has 0 aliphatic carbocycles. The molecule has 0 nitrogen and oxygen atoms in total. The normalized spacial score (nSPS) is 12.0. The Kier molecular flexibility index (Phi) is 5.57. The van der Waals surface area contributed by atoms with Crippen molar-refractivity contribution in [3.63, 3.8) is 0 Å². The largest absolute Gasteiger partial charge is 0.0871 e. The predicted molar refractivity (Wildman–Crippen MR) is 93.5 cm³/mol. The molecular formula is C21H24. The van der Waals surface area contributed by atoms with Crippen LogP contribution in [-0.2, 0) is 12.8 Å². The molecular weight excluding hydrogens is 252 g/mol. The summed E-state index contributed by atoms with van der Waals surface area (Å²) < 4.78 is 0. The smallest absolute Gasteiger partial charge is 0.0187 e. The van der Waals surface area contributed by atoms with E-state index in [1.54, 1.807) is 0 Å². The first kappa shape index (κ1) is 15.3. The number of aryl methyl sites for hydroxylation is 3. The molecule has 0 bridgehead atoms. The summed E-state index contributed by atoms with van der Waals surface area (Å²) in [5.41, 5.74) is 6.72. The van der Waals surface area contributed by atoms with Gasteiger partial charge in [0.15, 0.2) is 0 Å². The van der Waals surface area contributed by atoms with Gasteiger partial charge in [-0.25, -0.2) is 0 Å².